The number of carbonyl (C=O) groups excluding carboxylic acids is 1. The van der Waals surface area contributed by atoms with E-state index in [4.69, 9.17) is 4.74 Å². The summed E-state index contributed by atoms with van der Waals surface area (Å²) in [5.74, 6) is -0.193. The standard InChI is InChI=1S/C10H15NO3S/c1-13-6-5-9-11-8(7-15-9)3-4-10(12)14-2/h7H,3-6H2,1-2H3. The molecule has 0 saturated heterocycles. The van der Waals surface area contributed by atoms with E-state index >= 15 is 0 Å². The first-order chi connectivity index (χ1) is 7.26. The van der Waals surface area contributed by atoms with Gasteiger partial charge in [-0.15, -0.1) is 11.3 Å². The smallest absolute Gasteiger partial charge is 0.305 e. The monoisotopic (exact) mass is 229 g/mol. The van der Waals surface area contributed by atoms with Gasteiger partial charge in [-0.3, -0.25) is 4.79 Å². The molecule has 1 aromatic heterocycles. The summed E-state index contributed by atoms with van der Waals surface area (Å²) in [7, 11) is 3.07. The van der Waals surface area contributed by atoms with Crippen LogP contribution in [0.4, 0.5) is 0 Å². The Morgan fingerprint density at radius 2 is 2.27 bits per heavy atom. The Morgan fingerprint density at radius 3 is 2.93 bits per heavy atom. The Morgan fingerprint density at radius 1 is 1.47 bits per heavy atom. The zero-order chi connectivity index (χ0) is 11.1. The number of carbonyl (C=O) groups is 1. The van der Waals surface area contributed by atoms with Gasteiger partial charge in [0.15, 0.2) is 0 Å². The zero-order valence-electron chi connectivity index (χ0n) is 8.99. The normalized spacial score (nSPS) is 10.3. The van der Waals surface area contributed by atoms with Crippen molar-refractivity contribution in [2.45, 2.75) is 19.3 Å². The van der Waals surface area contributed by atoms with Crippen molar-refractivity contribution >= 4 is 17.3 Å². The average molecular weight is 229 g/mol. The van der Waals surface area contributed by atoms with E-state index in [1.165, 1.54) is 7.11 Å². The van der Waals surface area contributed by atoms with Crippen molar-refractivity contribution in [2.24, 2.45) is 0 Å². The van der Waals surface area contributed by atoms with E-state index in [0.29, 0.717) is 19.4 Å². The van der Waals surface area contributed by atoms with E-state index in [0.717, 1.165) is 17.1 Å². The summed E-state index contributed by atoms with van der Waals surface area (Å²) in [6, 6.07) is 0. The second kappa shape index (κ2) is 6.53. The molecule has 1 rings (SSSR count). The fourth-order valence-electron chi connectivity index (χ4n) is 1.10. The van der Waals surface area contributed by atoms with Crippen molar-refractivity contribution in [1.82, 2.24) is 4.98 Å². The maximum atomic E-state index is 10.9. The van der Waals surface area contributed by atoms with Gasteiger partial charge in [-0.05, 0) is 0 Å². The lowest BCUT2D eigenvalue weighted by Crippen LogP contribution is -2.02. The molecular formula is C10H15NO3S. The molecular weight excluding hydrogens is 214 g/mol. The van der Waals surface area contributed by atoms with E-state index in [1.807, 2.05) is 5.38 Å². The van der Waals surface area contributed by atoms with Crippen molar-refractivity contribution in [1.29, 1.82) is 0 Å². The second-order valence-corrected chi connectivity index (χ2v) is 3.99. The third kappa shape index (κ3) is 4.40. The minimum Gasteiger partial charge on any atom is -0.469 e. The van der Waals surface area contributed by atoms with E-state index < -0.39 is 0 Å². The van der Waals surface area contributed by atoms with Crippen molar-refractivity contribution in [3.05, 3.63) is 16.1 Å². The number of hydrogen-bond donors (Lipinski definition) is 0. The van der Waals surface area contributed by atoms with Crippen LogP contribution in [0.1, 0.15) is 17.1 Å². The fourth-order valence-corrected chi connectivity index (χ4v) is 1.91. The highest BCUT2D eigenvalue weighted by atomic mass is 32.1. The van der Waals surface area contributed by atoms with Crippen LogP contribution in [-0.2, 0) is 27.1 Å². The molecule has 0 fully saturated rings. The van der Waals surface area contributed by atoms with Crippen LogP contribution in [0.5, 0.6) is 0 Å². The van der Waals surface area contributed by atoms with Crippen LogP contribution in [-0.4, -0.2) is 31.8 Å². The molecule has 0 atom stereocenters. The van der Waals surface area contributed by atoms with Gasteiger partial charge in [0.2, 0.25) is 0 Å². The summed E-state index contributed by atoms with van der Waals surface area (Å²) < 4.78 is 9.52. The molecule has 0 bridgehead atoms. The van der Waals surface area contributed by atoms with Crippen molar-refractivity contribution in [3.8, 4) is 0 Å². The molecule has 1 aromatic rings. The first kappa shape index (κ1) is 12.1. The second-order valence-electron chi connectivity index (χ2n) is 3.05. The van der Waals surface area contributed by atoms with Crippen LogP contribution < -0.4 is 0 Å². The number of esters is 1. The number of rotatable bonds is 6. The van der Waals surface area contributed by atoms with E-state index in [1.54, 1.807) is 18.4 Å². The summed E-state index contributed by atoms with van der Waals surface area (Å²) in [6.45, 7) is 0.684. The minimum atomic E-state index is -0.193. The van der Waals surface area contributed by atoms with E-state index in [2.05, 4.69) is 9.72 Å². The lowest BCUT2D eigenvalue weighted by molar-refractivity contribution is -0.140. The molecule has 0 aliphatic carbocycles. The molecule has 4 nitrogen and oxygen atoms in total. The topological polar surface area (TPSA) is 48.4 Å². The number of nitrogens with zero attached hydrogens (tertiary/aromatic N) is 1. The van der Waals surface area contributed by atoms with Gasteiger partial charge in [0.1, 0.15) is 0 Å². The number of ether oxygens (including phenoxy) is 2. The lowest BCUT2D eigenvalue weighted by Gasteiger charge is -1.96. The number of thiazole rings is 1. The molecule has 0 radical (unpaired) electrons. The number of methoxy groups -OCH3 is 2. The van der Waals surface area contributed by atoms with Crippen LogP contribution in [0.2, 0.25) is 0 Å². The van der Waals surface area contributed by atoms with Crippen LogP contribution in [0, 0.1) is 0 Å². The number of aryl methyl sites for hydroxylation is 1. The quantitative estimate of drug-likeness (QED) is 0.692. The van der Waals surface area contributed by atoms with Gasteiger partial charge in [-0.25, -0.2) is 4.98 Å². The highest BCUT2D eigenvalue weighted by Crippen LogP contribution is 2.12. The van der Waals surface area contributed by atoms with Gasteiger partial charge < -0.3 is 9.47 Å². The molecule has 0 N–H and O–H groups in total. The van der Waals surface area contributed by atoms with Crippen LogP contribution in [0.25, 0.3) is 0 Å². The van der Waals surface area contributed by atoms with Crippen molar-refractivity contribution in [3.63, 3.8) is 0 Å². The largest absolute Gasteiger partial charge is 0.469 e. The van der Waals surface area contributed by atoms with Gasteiger partial charge in [-0.1, -0.05) is 0 Å². The molecule has 0 unspecified atom stereocenters. The molecule has 5 heteroatoms. The lowest BCUT2D eigenvalue weighted by atomic mass is 10.2. The molecule has 84 valence electrons. The van der Waals surface area contributed by atoms with Gasteiger partial charge in [-0.2, -0.15) is 0 Å². The highest BCUT2D eigenvalue weighted by Gasteiger charge is 2.05. The predicted molar refractivity (Wildman–Crippen MR) is 58.0 cm³/mol. The van der Waals surface area contributed by atoms with E-state index in [-0.39, 0.29) is 5.97 Å². The van der Waals surface area contributed by atoms with Gasteiger partial charge in [0, 0.05) is 25.3 Å². The van der Waals surface area contributed by atoms with Crippen molar-refractivity contribution < 1.29 is 14.3 Å². The van der Waals surface area contributed by atoms with Gasteiger partial charge in [0.25, 0.3) is 0 Å². The molecule has 1 heterocycles. The van der Waals surface area contributed by atoms with Crippen molar-refractivity contribution in [2.75, 3.05) is 20.8 Å². The van der Waals surface area contributed by atoms with E-state index in [9.17, 15) is 4.79 Å². The average Bonchev–Trinajstić information content (AvgIpc) is 2.71. The Hall–Kier alpha value is -0.940. The summed E-state index contributed by atoms with van der Waals surface area (Å²) >= 11 is 1.61. The molecule has 0 aromatic carbocycles. The molecule has 0 amide bonds. The third-order valence-electron chi connectivity index (χ3n) is 1.93. The Bertz CT molecular complexity index is 311. The summed E-state index contributed by atoms with van der Waals surface area (Å²) in [4.78, 5) is 15.3. The maximum Gasteiger partial charge on any atom is 0.305 e. The number of hydrogen-bond acceptors (Lipinski definition) is 5. The summed E-state index contributed by atoms with van der Waals surface area (Å²) in [6.07, 6.45) is 1.87. The predicted octanol–water partition coefficient (Wildman–Crippen LogP) is 1.44. The Kier molecular flexibility index (Phi) is 5.28. The molecule has 0 saturated carbocycles. The Balaban J connectivity index is 2.35. The maximum absolute atomic E-state index is 10.9. The van der Waals surface area contributed by atoms with Gasteiger partial charge in [0.05, 0.1) is 30.8 Å². The SMILES string of the molecule is COCCc1nc(CCC(=O)OC)cs1. The summed E-state index contributed by atoms with van der Waals surface area (Å²) in [5, 5.41) is 3.03. The van der Waals surface area contributed by atoms with Crippen LogP contribution in [0.15, 0.2) is 5.38 Å². The third-order valence-corrected chi connectivity index (χ3v) is 2.89. The minimum absolute atomic E-state index is 0.193. The molecule has 0 spiro atoms. The van der Waals surface area contributed by atoms with Crippen LogP contribution >= 0.6 is 11.3 Å². The van der Waals surface area contributed by atoms with Crippen LogP contribution in [0.3, 0.4) is 0 Å². The first-order valence-electron chi connectivity index (χ1n) is 4.75. The zero-order valence-corrected chi connectivity index (χ0v) is 9.80. The fraction of sp³-hybridized carbons (Fsp3) is 0.600. The molecule has 0 aliphatic heterocycles. The summed E-state index contributed by atoms with van der Waals surface area (Å²) in [5.41, 5.74) is 0.955. The molecule has 0 aliphatic rings. The Labute approximate surface area is 93.2 Å². The first-order valence-corrected chi connectivity index (χ1v) is 5.63. The van der Waals surface area contributed by atoms with Gasteiger partial charge >= 0.3 is 5.97 Å². The molecule has 15 heavy (non-hydrogen) atoms. The number of aromatic nitrogens is 1. The highest BCUT2D eigenvalue weighted by molar-refractivity contribution is 7.09.